The summed E-state index contributed by atoms with van der Waals surface area (Å²) in [5.41, 5.74) is 0.610. The van der Waals surface area contributed by atoms with E-state index in [0.717, 1.165) is 6.42 Å². The Balaban J connectivity index is 2.77. The number of aliphatic hydroxyl groups is 1. The van der Waals surface area contributed by atoms with Gasteiger partial charge in [-0.1, -0.05) is 37.9 Å². The van der Waals surface area contributed by atoms with Crippen LogP contribution >= 0.6 is 11.6 Å². The molecule has 1 aromatic rings. The molecule has 2 unspecified atom stereocenters. The maximum Gasteiger partial charge on any atom is 0.124 e. The third kappa shape index (κ3) is 3.47. The lowest BCUT2D eigenvalue weighted by atomic mass is 9.96. The van der Waals surface area contributed by atoms with Crippen molar-refractivity contribution in [3.8, 4) is 0 Å². The zero-order chi connectivity index (χ0) is 11.4. The molecule has 1 nitrogen and oxygen atoms in total. The number of halogens is 2. The first-order valence-electron chi connectivity index (χ1n) is 5.17. The van der Waals surface area contributed by atoms with E-state index in [1.807, 2.05) is 0 Å². The van der Waals surface area contributed by atoms with Gasteiger partial charge in [0.15, 0.2) is 0 Å². The molecule has 0 aliphatic rings. The van der Waals surface area contributed by atoms with Gasteiger partial charge in [-0.15, -0.1) is 0 Å². The minimum absolute atomic E-state index is 0.297. The van der Waals surface area contributed by atoms with Crippen LogP contribution in [0.25, 0.3) is 0 Å². The van der Waals surface area contributed by atoms with Gasteiger partial charge in [0.2, 0.25) is 0 Å². The van der Waals surface area contributed by atoms with Gasteiger partial charge in [-0.05, 0) is 30.0 Å². The third-order valence-electron chi connectivity index (χ3n) is 2.64. The standard InChI is InChI=1S/C12H16ClFO/c1-3-8(2)6-12(15)10-5-4-9(14)7-11(10)13/h4-5,7-8,12,15H,3,6H2,1-2H3. The molecule has 0 saturated heterocycles. The van der Waals surface area contributed by atoms with Crippen LogP contribution in [0.15, 0.2) is 18.2 Å². The van der Waals surface area contributed by atoms with Crippen molar-refractivity contribution in [2.45, 2.75) is 32.8 Å². The lowest BCUT2D eigenvalue weighted by Crippen LogP contribution is -2.04. The molecule has 0 aliphatic heterocycles. The maximum atomic E-state index is 12.8. The van der Waals surface area contributed by atoms with Gasteiger partial charge < -0.3 is 5.11 Å². The molecule has 2 atom stereocenters. The van der Waals surface area contributed by atoms with Crippen LogP contribution < -0.4 is 0 Å². The monoisotopic (exact) mass is 230 g/mol. The van der Waals surface area contributed by atoms with E-state index < -0.39 is 6.10 Å². The first-order chi connectivity index (χ1) is 7.04. The molecule has 1 rings (SSSR count). The Morgan fingerprint density at radius 2 is 2.13 bits per heavy atom. The van der Waals surface area contributed by atoms with Gasteiger partial charge in [0, 0.05) is 5.02 Å². The summed E-state index contributed by atoms with van der Waals surface area (Å²) in [6.45, 7) is 4.14. The number of aliphatic hydroxyl groups excluding tert-OH is 1. The molecule has 1 aromatic carbocycles. The van der Waals surface area contributed by atoms with Gasteiger partial charge >= 0.3 is 0 Å². The normalized spacial score (nSPS) is 15.0. The largest absolute Gasteiger partial charge is 0.388 e. The van der Waals surface area contributed by atoms with Crippen LogP contribution in [0.3, 0.4) is 0 Å². The highest BCUT2D eigenvalue weighted by atomic mass is 35.5. The Kier molecular flexibility index (Phi) is 4.55. The average molecular weight is 231 g/mol. The topological polar surface area (TPSA) is 20.2 Å². The zero-order valence-electron chi connectivity index (χ0n) is 9.00. The van der Waals surface area contributed by atoms with Crippen LogP contribution in [0.5, 0.6) is 0 Å². The smallest absolute Gasteiger partial charge is 0.124 e. The van der Waals surface area contributed by atoms with E-state index in [4.69, 9.17) is 11.6 Å². The van der Waals surface area contributed by atoms with Crippen molar-refractivity contribution in [1.29, 1.82) is 0 Å². The summed E-state index contributed by atoms with van der Waals surface area (Å²) in [6, 6.07) is 4.10. The van der Waals surface area contributed by atoms with E-state index in [2.05, 4.69) is 13.8 Å². The fraction of sp³-hybridized carbons (Fsp3) is 0.500. The van der Waals surface area contributed by atoms with Crippen LogP contribution in [0.1, 0.15) is 38.4 Å². The van der Waals surface area contributed by atoms with Gasteiger partial charge in [-0.3, -0.25) is 0 Å². The summed E-state index contributed by atoms with van der Waals surface area (Å²) in [4.78, 5) is 0. The highest BCUT2D eigenvalue weighted by molar-refractivity contribution is 6.31. The van der Waals surface area contributed by atoms with Gasteiger partial charge in [0.05, 0.1) is 6.10 Å². The molecular weight excluding hydrogens is 215 g/mol. The molecule has 0 radical (unpaired) electrons. The van der Waals surface area contributed by atoms with E-state index in [-0.39, 0.29) is 5.82 Å². The molecule has 84 valence electrons. The molecule has 0 fully saturated rings. The second kappa shape index (κ2) is 5.47. The van der Waals surface area contributed by atoms with Crippen molar-refractivity contribution < 1.29 is 9.50 Å². The summed E-state index contributed by atoms with van der Waals surface area (Å²) in [7, 11) is 0. The van der Waals surface area contributed by atoms with Gasteiger partial charge in [0.1, 0.15) is 5.82 Å². The second-order valence-electron chi connectivity index (χ2n) is 3.93. The molecule has 0 heterocycles. The molecule has 1 N–H and O–H groups in total. The minimum Gasteiger partial charge on any atom is -0.388 e. The Hall–Kier alpha value is -0.600. The Labute approximate surface area is 94.9 Å². The molecule has 0 saturated carbocycles. The van der Waals surface area contributed by atoms with Crippen LogP contribution in [0, 0.1) is 11.7 Å². The molecule has 3 heteroatoms. The predicted molar refractivity (Wildman–Crippen MR) is 60.4 cm³/mol. The predicted octanol–water partition coefficient (Wildman–Crippen LogP) is 3.95. The average Bonchev–Trinajstić information content (AvgIpc) is 2.17. The quantitative estimate of drug-likeness (QED) is 0.831. The fourth-order valence-corrected chi connectivity index (χ4v) is 1.74. The molecule has 0 aliphatic carbocycles. The number of hydrogen-bond donors (Lipinski definition) is 1. The Morgan fingerprint density at radius 3 is 2.67 bits per heavy atom. The summed E-state index contributed by atoms with van der Waals surface area (Å²) in [6.07, 6.45) is 1.06. The highest BCUT2D eigenvalue weighted by Crippen LogP contribution is 2.28. The summed E-state index contributed by atoms with van der Waals surface area (Å²) in [5.74, 6) is 0.0561. The highest BCUT2D eigenvalue weighted by Gasteiger charge is 2.14. The number of benzene rings is 1. The van der Waals surface area contributed by atoms with Crippen molar-refractivity contribution in [3.63, 3.8) is 0 Å². The van der Waals surface area contributed by atoms with E-state index in [0.29, 0.717) is 22.9 Å². The lowest BCUT2D eigenvalue weighted by molar-refractivity contribution is 0.146. The summed E-state index contributed by atoms with van der Waals surface area (Å²) >= 11 is 5.85. The van der Waals surface area contributed by atoms with Crippen LogP contribution in [-0.2, 0) is 0 Å². The van der Waals surface area contributed by atoms with E-state index in [1.54, 1.807) is 6.07 Å². The SMILES string of the molecule is CCC(C)CC(O)c1ccc(F)cc1Cl. The lowest BCUT2D eigenvalue weighted by Gasteiger charge is -2.16. The Morgan fingerprint density at radius 1 is 1.47 bits per heavy atom. The van der Waals surface area contributed by atoms with E-state index >= 15 is 0 Å². The van der Waals surface area contributed by atoms with Gasteiger partial charge in [-0.2, -0.15) is 0 Å². The van der Waals surface area contributed by atoms with E-state index in [9.17, 15) is 9.50 Å². The molecule has 0 bridgehead atoms. The number of hydrogen-bond acceptors (Lipinski definition) is 1. The van der Waals surface area contributed by atoms with Crippen molar-refractivity contribution >= 4 is 11.6 Å². The summed E-state index contributed by atoms with van der Waals surface area (Å²) < 4.78 is 12.8. The molecule has 0 spiro atoms. The van der Waals surface area contributed by atoms with E-state index in [1.165, 1.54) is 12.1 Å². The zero-order valence-corrected chi connectivity index (χ0v) is 9.76. The van der Waals surface area contributed by atoms with Crippen LogP contribution in [-0.4, -0.2) is 5.11 Å². The first kappa shape index (κ1) is 12.5. The van der Waals surface area contributed by atoms with Crippen molar-refractivity contribution in [1.82, 2.24) is 0 Å². The van der Waals surface area contributed by atoms with Gasteiger partial charge in [0.25, 0.3) is 0 Å². The van der Waals surface area contributed by atoms with Crippen molar-refractivity contribution in [3.05, 3.63) is 34.6 Å². The molecule has 0 aromatic heterocycles. The summed E-state index contributed by atoms with van der Waals surface area (Å²) in [5, 5.41) is 10.2. The van der Waals surface area contributed by atoms with Gasteiger partial charge in [-0.25, -0.2) is 4.39 Å². The molecule has 0 amide bonds. The van der Waals surface area contributed by atoms with Crippen LogP contribution in [0.2, 0.25) is 5.02 Å². The third-order valence-corrected chi connectivity index (χ3v) is 2.97. The van der Waals surface area contributed by atoms with Crippen molar-refractivity contribution in [2.75, 3.05) is 0 Å². The maximum absolute atomic E-state index is 12.8. The Bertz CT molecular complexity index is 327. The second-order valence-corrected chi connectivity index (χ2v) is 4.34. The molecular formula is C12H16ClFO. The minimum atomic E-state index is -0.604. The molecule has 15 heavy (non-hydrogen) atoms. The van der Waals surface area contributed by atoms with Crippen LogP contribution in [0.4, 0.5) is 4.39 Å². The van der Waals surface area contributed by atoms with Crippen molar-refractivity contribution in [2.24, 2.45) is 5.92 Å². The fourth-order valence-electron chi connectivity index (χ4n) is 1.45. The first-order valence-corrected chi connectivity index (χ1v) is 5.55. The number of rotatable bonds is 4.